The van der Waals surface area contributed by atoms with Gasteiger partial charge in [-0.1, -0.05) is 30.3 Å². The smallest absolute Gasteiger partial charge is 0.337 e. The van der Waals surface area contributed by atoms with E-state index in [-0.39, 0.29) is 5.56 Å². The summed E-state index contributed by atoms with van der Waals surface area (Å²) >= 11 is 0. The van der Waals surface area contributed by atoms with E-state index in [2.05, 4.69) is 28.6 Å². The van der Waals surface area contributed by atoms with Crippen molar-refractivity contribution in [3.05, 3.63) is 65.0 Å². The van der Waals surface area contributed by atoms with Crippen LogP contribution in [0.25, 0.3) is 11.0 Å². The van der Waals surface area contributed by atoms with Crippen LogP contribution in [0.15, 0.2) is 42.5 Å². The van der Waals surface area contributed by atoms with Gasteiger partial charge in [0.2, 0.25) is 0 Å². The Labute approximate surface area is 122 Å². The number of aryl methyl sites for hydroxylation is 2. The van der Waals surface area contributed by atoms with E-state index >= 15 is 0 Å². The van der Waals surface area contributed by atoms with Crippen LogP contribution in [0.1, 0.15) is 27.3 Å². The topological polar surface area (TPSA) is 55.1 Å². The third-order valence-corrected chi connectivity index (χ3v) is 3.79. The molecule has 3 aromatic rings. The molecule has 2 aromatic carbocycles. The van der Waals surface area contributed by atoms with E-state index in [1.807, 2.05) is 25.1 Å². The van der Waals surface area contributed by atoms with Gasteiger partial charge in [-0.05, 0) is 37.1 Å². The Kier molecular flexibility index (Phi) is 3.22. The Hall–Kier alpha value is -2.62. The van der Waals surface area contributed by atoms with Crippen molar-refractivity contribution in [1.82, 2.24) is 9.55 Å². The van der Waals surface area contributed by atoms with E-state index in [0.29, 0.717) is 12.1 Å². The highest BCUT2D eigenvalue weighted by Crippen LogP contribution is 2.22. The number of aromatic carboxylic acids is 1. The number of carboxylic acid groups (broad SMARTS) is 1. The van der Waals surface area contributed by atoms with Gasteiger partial charge in [-0.2, -0.15) is 0 Å². The number of benzene rings is 2. The zero-order valence-electron chi connectivity index (χ0n) is 12.0. The Morgan fingerprint density at radius 1 is 1.14 bits per heavy atom. The monoisotopic (exact) mass is 280 g/mol. The molecule has 106 valence electrons. The van der Waals surface area contributed by atoms with Crippen LogP contribution in [-0.4, -0.2) is 20.6 Å². The number of nitrogens with zero attached hydrogens (tertiary/aromatic N) is 2. The number of carboxylic acids is 1. The first-order chi connectivity index (χ1) is 10.1. The molecule has 0 radical (unpaired) electrons. The molecule has 0 atom stereocenters. The minimum Gasteiger partial charge on any atom is -0.478 e. The van der Waals surface area contributed by atoms with Crippen LogP contribution in [0.4, 0.5) is 0 Å². The van der Waals surface area contributed by atoms with Gasteiger partial charge in [0.15, 0.2) is 0 Å². The van der Waals surface area contributed by atoms with Gasteiger partial charge in [0.05, 0.1) is 11.1 Å². The lowest BCUT2D eigenvalue weighted by atomic mass is 10.1. The number of hydrogen-bond acceptors (Lipinski definition) is 2. The molecule has 21 heavy (non-hydrogen) atoms. The number of aromatic nitrogens is 2. The third-order valence-electron chi connectivity index (χ3n) is 3.79. The van der Waals surface area contributed by atoms with Gasteiger partial charge in [-0.15, -0.1) is 0 Å². The number of carbonyl (C=O) groups is 1. The van der Waals surface area contributed by atoms with Gasteiger partial charge in [-0.25, -0.2) is 9.78 Å². The molecule has 0 aliphatic heterocycles. The van der Waals surface area contributed by atoms with Crippen LogP contribution in [0.3, 0.4) is 0 Å². The molecule has 0 saturated heterocycles. The number of hydrogen-bond donors (Lipinski definition) is 1. The van der Waals surface area contributed by atoms with Crippen molar-refractivity contribution in [1.29, 1.82) is 0 Å². The highest BCUT2D eigenvalue weighted by Gasteiger charge is 2.15. The van der Waals surface area contributed by atoms with Crippen LogP contribution in [0.2, 0.25) is 0 Å². The summed E-state index contributed by atoms with van der Waals surface area (Å²) < 4.78 is 2.06. The van der Waals surface area contributed by atoms with Gasteiger partial charge in [-0.3, -0.25) is 0 Å². The average Bonchev–Trinajstić information content (AvgIpc) is 2.77. The number of rotatable bonds is 3. The summed E-state index contributed by atoms with van der Waals surface area (Å²) in [6, 6.07) is 13.5. The summed E-state index contributed by atoms with van der Waals surface area (Å²) in [6.45, 7) is 4.68. The summed E-state index contributed by atoms with van der Waals surface area (Å²) in [5.74, 6) is -0.122. The molecular weight excluding hydrogens is 264 g/mol. The van der Waals surface area contributed by atoms with E-state index in [0.717, 1.165) is 11.3 Å². The molecule has 0 aliphatic carbocycles. The molecule has 0 saturated carbocycles. The molecule has 1 aromatic heterocycles. The fourth-order valence-electron chi connectivity index (χ4n) is 2.59. The second-order valence-electron chi connectivity index (χ2n) is 5.15. The summed E-state index contributed by atoms with van der Waals surface area (Å²) in [5.41, 5.74) is 4.08. The minimum absolute atomic E-state index is 0.249. The molecule has 0 amide bonds. The second-order valence-corrected chi connectivity index (χ2v) is 5.15. The van der Waals surface area contributed by atoms with Gasteiger partial charge < -0.3 is 9.67 Å². The van der Waals surface area contributed by atoms with E-state index < -0.39 is 5.97 Å². The Balaban J connectivity index is 2.16. The highest BCUT2D eigenvalue weighted by molar-refractivity contribution is 6.01. The average molecular weight is 280 g/mol. The molecular formula is C17H16N2O2. The largest absolute Gasteiger partial charge is 0.478 e. The van der Waals surface area contributed by atoms with Crippen molar-refractivity contribution in [2.45, 2.75) is 20.4 Å². The van der Waals surface area contributed by atoms with E-state index in [9.17, 15) is 9.90 Å². The third kappa shape index (κ3) is 2.29. The Morgan fingerprint density at radius 3 is 2.62 bits per heavy atom. The lowest BCUT2D eigenvalue weighted by Gasteiger charge is -2.09. The first kappa shape index (κ1) is 13.4. The molecule has 1 N–H and O–H groups in total. The fourth-order valence-corrected chi connectivity index (χ4v) is 2.59. The van der Waals surface area contributed by atoms with Crippen molar-refractivity contribution in [2.24, 2.45) is 0 Å². The van der Waals surface area contributed by atoms with E-state index in [4.69, 9.17) is 0 Å². The van der Waals surface area contributed by atoms with Crippen molar-refractivity contribution in [3.8, 4) is 0 Å². The summed E-state index contributed by atoms with van der Waals surface area (Å²) in [4.78, 5) is 15.7. The van der Waals surface area contributed by atoms with Crippen molar-refractivity contribution in [2.75, 3.05) is 0 Å². The molecule has 0 unspecified atom stereocenters. The SMILES string of the molecule is Cc1ccccc1Cn1c(C)nc2c(C(=O)O)cccc21. The van der Waals surface area contributed by atoms with Crippen molar-refractivity contribution >= 4 is 17.0 Å². The van der Waals surface area contributed by atoms with Crippen LogP contribution >= 0.6 is 0 Å². The lowest BCUT2D eigenvalue weighted by Crippen LogP contribution is -2.03. The standard InChI is InChI=1S/C17H16N2O2/c1-11-6-3-4-7-13(11)10-19-12(2)18-16-14(17(20)21)8-5-9-15(16)19/h3-9H,10H2,1-2H3,(H,20,21). The Morgan fingerprint density at radius 2 is 1.90 bits per heavy atom. The predicted octanol–water partition coefficient (Wildman–Crippen LogP) is 3.40. The maximum Gasteiger partial charge on any atom is 0.337 e. The van der Waals surface area contributed by atoms with Gasteiger partial charge in [0.1, 0.15) is 11.3 Å². The van der Waals surface area contributed by atoms with Crippen LogP contribution in [-0.2, 0) is 6.54 Å². The molecule has 0 spiro atoms. The molecule has 4 nitrogen and oxygen atoms in total. The summed E-state index contributed by atoms with van der Waals surface area (Å²) in [7, 11) is 0. The molecule has 3 rings (SSSR count). The van der Waals surface area contributed by atoms with Gasteiger partial charge in [0.25, 0.3) is 0 Å². The van der Waals surface area contributed by atoms with E-state index in [1.165, 1.54) is 11.1 Å². The first-order valence-corrected chi connectivity index (χ1v) is 6.81. The maximum atomic E-state index is 11.3. The normalized spacial score (nSPS) is 11.0. The molecule has 0 fully saturated rings. The molecule has 1 heterocycles. The molecule has 0 aliphatic rings. The first-order valence-electron chi connectivity index (χ1n) is 6.81. The molecule has 4 heteroatoms. The zero-order valence-corrected chi connectivity index (χ0v) is 12.0. The summed E-state index contributed by atoms with van der Waals surface area (Å²) in [6.07, 6.45) is 0. The lowest BCUT2D eigenvalue weighted by molar-refractivity contribution is 0.0699. The fraction of sp³-hybridized carbons (Fsp3) is 0.176. The summed E-state index contributed by atoms with van der Waals surface area (Å²) in [5, 5.41) is 9.27. The quantitative estimate of drug-likeness (QED) is 0.800. The number of fused-ring (bicyclic) bond motifs is 1. The minimum atomic E-state index is -0.943. The number of para-hydroxylation sites is 1. The van der Waals surface area contributed by atoms with Crippen molar-refractivity contribution in [3.63, 3.8) is 0 Å². The van der Waals surface area contributed by atoms with E-state index in [1.54, 1.807) is 12.1 Å². The predicted molar refractivity (Wildman–Crippen MR) is 81.7 cm³/mol. The molecule has 0 bridgehead atoms. The highest BCUT2D eigenvalue weighted by atomic mass is 16.4. The zero-order chi connectivity index (χ0) is 15.0. The second kappa shape index (κ2) is 5.05. The van der Waals surface area contributed by atoms with Crippen LogP contribution < -0.4 is 0 Å². The maximum absolute atomic E-state index is 11.3. The van der Waals surface area contributed by atoms with Gasteiger partial charge in [0, 0.05) is 6.54 Å². The van der Waals surface area contributed by atoms with Crippen molar-refractivity contribution < 1.29 is 9.90 Å². The number of imidazole rings is 1. The van der Waals surface area contributed by atoms with Crippen LogP contribution in [0.5, 0.6) is 0 Å². The van der Waals surface area contributed by atoms with Gasteiger partial charge >= 0.3 is 5.97 Å². The van der Waals surface area contributed by atoms with Crippen LogP contribution in [0, 0.1) is 13.8 Å². The Bertz CT molecular complexity index is 834.